The molecule has 0 unspecified atom stereocenters. The largest absolute Gasteiger partial charge is 0.351 e. The number of rotatable bonds is 5. The summed E-state index contributed by atoms with van der Waals surface area (Å²) in [4.78, 5) is 12.0. The maximum atomic E-state index is 12.0. The first-order chi connectivity index (χ1) is 9.65. The van der Waals surface area contributed by atoms with Crippen LogP contribution >= 0.6 is 0 Å². The standard InChI is InChI=1S/C17H20N2O/c1-13-6-5-9-15(10-13)12-19-17(20)16(18)11-14-7-3-2-4-8-14/h2-10,16H,11-12,18H2,1H3,(H,19,20)/t16-/m0/s1. The molecule has 3 heteroatoms. The van der Waals surface area contributed by atoms with Crippen LogP contribution in [0.2, 0.25) is 0 Å². The highest BCUT2D eigenvalue weighted by molar-refractivity contribution is 5.81. The highest BCUT2D eigenvalue weighted by Gasteiger charge is 2.13. The molecule has 3 nitrogen and oxygen atoms in total. The van der Waals surface area contributed by atoms with Crippen LogP contribution in [0.1, 0.15) is 16.7 Å². The molecule has 0 aliphatic rings. The fraction of sp³-hybridized carbons (Fsp3) is 0.235. The molecule has 0 aliphatic carbocycles. The lowest BCUT2D eigenvalue weighted by atomic mass is 10.1. The van der Waals surface area contributed by atoms with Gasteiger partial charge in [-0.05, 0) is 24.5 Å². The molecule has 20 heavy (non-hydrogen) atoms. The van der Waals surface area contributed by atoms with E-state index < -0.39 is 6.04 Å². The summed E-state index contributed by atoms with van der Waals surface area (Å²) in [6.45, 7) is 2.55. The molecule has 2 aromatic carbocycles. The Kier molecular flexibility index (Phi) is 4.91. The molecule has 104 valence electrons. The van der Waals surface area contributed by atoms with E-state index in [0.29, 0.717) is 13.0 Å². The molecule has 0 saturated heterocycles. The zero-order valence-electron chi connectivity index (χ0n) is 11.7. The second-order valence-electron chi connectivity index (χ2n) is 5.00. The van der Waals surface area contributed by atoms with Crippen molar-refractivity contribution < 1.29 is 4.79 Å². The molecule has 0 aromatic heterocycles. The lowest BCUT2D eigenvalue weighted by molar-refractivity contribution is -0.122. The number of carbonyl (C=O) groups excluding carboxylic acids is 1. The molecule has 1 amide bonds. The molecule has 1 atom stereocenters. The van der Waals surface area contributed by atoms with E-state index in [2.05, 4.69) is 11.4 Å². The topological polar surface area (TPSA) is 55.1 Å². The fourth-order valence-electron chi connectivity index (χ4n) is 2.10. The Labute approximate surface area is 119 Å². The molecular weight excluding hydrogens is 248 g/mol. The van der Waals surface area contributed by atoms with Gasteiger partial charge in [-0.3, -0.25) is 4.79 Å². The first kappa shape index (κ1) is 14.3. The lowest BCUT2D eigenvalue weighted by Crippen LogP contribution is -2.41. The van der Waals surface area contributed by atoms with Crippen LogP contribution in [0.3, 0.4) is 0 Å². The van der Waals surface area contributed by atoms with Crippen molar-refractivity contribution in [3.63, 3.8) is 0 Å². The van der Waals surface area contributed by atoms with E-state index in [0.717, 1.165) is 11.1 Å². The van der Waals surface area contributed by atoms with E-state index in [1.807, 2.05) is 55.5 Å². The highest BCUT2D eigenvalue weighted by Crippen LogP contribution is 2.04. The summed E-state index contributed by atoms with van der Waals surface area (Å²) >= 11 is 0. The molecule has 0 radical (unpaired) electrons. The smallest absolute Gasteiger partial charge is 0.237 e. The van der Waals surface area contributed by atoms with Crippen molar-refractivity contribution >= 4 is 5.91 Å². The van der Waals surface area contributed by atoms with E-state index in [1.165, 1.54) is 5.56 Å². The minimum atomic E-state index is -0.512. The number of aryl methyl sites for hydroxylation is 1. The highest BCUT2D eigenvalue weighted by atomic mass is 16.2. The lowest BCUT2D eigenvalue weighted by Gasteiger charge is -2.12. The molecular formula is C17H20N2O. The third-order valence-electron chi connectivity index (χ3n) is 3.18. The molecule has 2 aromatic rings. The molecule has 0 fully saturated rings. The second-order valence-corrected chi connectivity index (χ2v) is 5.00. The van der Waals surface area contributed by atoms with Gasteiger partial charge in [0.25, 0.3) is 0 Å². The number of carbonyl (C=O) groups is 1. The first-order valence-corrected chi connectivity index (χ1v) is 6.78. The summed E-state index contributed by atoms with van der Waals surface area (Å²) in [5, 5.41) is 2.88. The molecule has 2 rings (SSSR count). The van der Waals surface area contributed by atoms with Gasteiger partial charge in [0.2, 0.25) is 5.91 Å². The summed E-state index contributed by atoms with van der Waals surface area (Å²) < 4.78 is 0. The Morgan fingerprint density at radius 3 is 2.50 bits per heavy atom. The van der Waals surface area contributed by atoms with Gasteiger partial charge in [-0.25, -0.2) is 0 Å². The van der Waals surface area contributed by atoms with Gasteiger partial charge in [-0.15, -0.1) is 0 Å². The number of amides is 1. The van der Waals surface area contributed by atoms with Crippen LogP contribution in [0.4, 0.5) is 0 Å². The molecule has 3 N–H and O–H groups in total. The van der Waals surface area contributed by atoms with Crippen LogP contribution in [-0.2, 0) is 17.8 Å². The van der Waals surface area contributed by atoms with Gasteiger partial charge < -0.3 is 11.1 Å². The average molecular weight is 268 g/mol. The number of hydrogen-bond acceptors (Lipinski definition) is 2. The summed E-state index contributed by atoms with van der Waals surface area (Å²) in [5.74, 6) is -0.115. The van der Waals surface area contributed by atoms with Gasteiger partial charge in [0, 0.05) is 6.54 Å². The van der Waals surface area contributed by atoms with Crippen molar-refractivity contribution in [3.8, 4) is 0 Å². The quantitative estimate of drug-likeness (QED) is 0.873. The third kappa shape index (κ3) is 4.21. The zero-order chi connectivity index (χ0) is 14.4. The van der Waals surface area contributed by atoms with Gasteiger partial charge in [-0.2, -0.15) is 0 Å². The summed E-state index contributed by atoms with van der Waals surface area (Å²) in [5.41, 5.74) is 9.28. The van der Waals surface area contributed by atoms with Crippen LogP contribution in [0.15, 0.2) is 54.6 Å². The Morgan fingerprint density at radius 1 is 1.10 bits per heavy atom. The van der Waals surface area contributed by atoms with Crippen molar-refractivity contribution in [1.29, 1.82) is 0 Å². The van der Waals surface area contributed by atoms with Crippen LogP contribution in [0, 0.1) is 6.92 Å². The Hall–Kier alpha value is -2.13. The Morgan fingerprint density at radius 2 is 1.80 bits per heavy atom. The summed E-state index contributed by atoms with van der Waals surface area (Å²) in [6.07, 6.45) is 0.556. The molecule has 0 bridgehead atoms. The monoisotopic (exact) mass is 268 g/mol. The number of benzene rings is 2. The van der Waals surface area contributed by atoms with Gasteiger partial charge in [0.1, 0.15) is 0 Å². The van der Waals surface area contributed by atoms with Gasteiger partial charge in [0.15, 0.2) is 0 Å². The number of nitrogens with one attached hydrogen (secondary N) is 1. The number of hydrogen-bond donors (Lipinski definition) is 2. The molecule has 0 spiro atoms. The first-order valence-electron chi connectivity index (χ1n) is 6.78. The molecule has 0 aliphatic heterocycles. The van der Waals surface area contributed by atoms with Crippen molar-refractivity contribution in [2.45, 2.75) is 25.9 Å². The normalized spacial score (nSPS) is 11.9. The SMILES string of the molecule is Cc1cccc(CNC(=O)[C@@H](N)Cc2ccccc2)c1. The zero-order valence-corrected chi connectivity index (χ0v) is 11.7. The Balaban J connectivity index is 1.85. The van der Waals surface area contributed by atoms with Crippen LogP contribution in [-0.4, -0.2) is 11.9 Å². The van der Waals surface area contributed by atoms with Crippen molar-refractivity contribution in [3.05, 3.63) is 71.3 Å². The minimum absolute atomic E-state index is 0.115. The minimum Gasteiger partial charge on any atom is -0.351 e. The van der Waals surface area contributed by atoms with Crippen LogP contribution in [0.5, 0.6) is 0 Å². The van der Waals surface area contributed by atoms with Gasteiger partial charge >= 0.3 is 0 Å². The van der Waals surface area contributed by atoms with Crippen molar-refractivity contribution in [1.82, 2.24) is 5.32 Å². The van der Waals surface area contributed by atoms with Crippen molar-refractivity contribution in [2.75, 3.05) is 0 Å². The maximum Gasteiger partial charge on any atom is 0.237 e. The Bertz CT molecular complexity index is 566. The van der Waals surface area contributed by atoms with E-state index in [1.54, 1.807) is 0 Å². The maximum absolute atomic E-state index is 12.0. The third-order valence-corrected chi connectivity index (χ3v) is 3.18. The average Bonchev–Trinajstić information content (AvgIpc) is 2.46. The van der Waals surface area contributed by atoms with Crippen molar-refractivity contribution in [2.24, 2.45) is 5.73 Å². The van der Waals surface area contributed by atoms with Crippen LogP contribution < -0.4 is 11.1 Å². The van der Waals surface area contributed by atoms with Gasteiger partial charge in [0.05, 0.1) is 6.04 Å². The van der Waals surface area contributed by atoms with E-state index in [9.17, 15) is 4.79 Å². The summed E-state index contributed by atoms with van der Waals surface area (Å²) in [7, 11) is 0. The molecule has 0 saturated carbocycles. The second kappa shape index (κ2) is 6.87. The van der Waals surface area contributed by atoms with Crippen LogP contribution in [0.25, 0.3) is 0 Å². The summed E-state index contributed by atoms with van der Waals surface area (Å²) in [6, 6.07) is 17.4. The van der Waals surface area contributed by atoms with E-state index in [-0.39, 0.29) is 5.91 Å². The van der Waals surface area contributed by atoms with E-state index >= 15 is 0 Å². The molecule has 0 heterocycles. The van der Waals surface area contributed by atoms with E-state index in [4.69, 9.17) is 5.73 Å². The predicted molar refractivity (Wildman–Crippen MR) is 81.1 cm³/mol. The predicted octanol–water partition coefficient (Wildman–Crippen LogP) is 2.18. The van der Waals surface area contributed by atoms with Gasteiger partial charge in [-0.1, -0.05) is 60.2 Å². The number of nitrogens with two attached hydrogens (primary N) is 1. The fourth-order valence-corrected chi connectivity index (χ4v) is 2.10.